The first-order valence-electron chi connectivity index (χ1n) is 6.35. The summed E-state index contributed by atoms with van der Waals surface area (Å²) in [5.74, 6) is 0.617. The summed E-state index contributed by atoms with van der Waals surface area (Å²) in [6.07, 6.45) is 0. The highest BCUT2D eigenvalue weighted by molar-refractivity contribution is 9.09. The maximum absolute atomic E-state index is 6.34. The summed E-state index contributed by atoms with van der Waals surface area (Å²) in [6.45, 7) is 4.54. The molecule has 0 aliphatic heterocycles. The number of ether oxygens (including phenoxy) is 1. The first-order valence-corrected chi connectivity index (χ1v) is 8.02. The van der Waals surface area contributed by atoms with Gasteiger partial charge >= 0.3 is 0 Å². The summed E-state index contributed by atoms with van der Waals surface area (Å²) < 4.78 is 5.44. The first-order chi connectivity index (χ1) is 9.52. The van der Waals surface area contributed by atoms with Crippen LogP contribution in [-0.2, 0) is 0 Å². The van der Waals surface area contributed by atoms with Gasteiger partial charge in [0.2, 0.25) is 0 Å². The number of benzene rings is 2. The van der Waals surface area contributed by atoms with E-state index in [4.69, 9.17) is 27.9 Å². The highest BCUT2D eigenvalue weighted by atomic mass is 79.9. The van der Waals surface area contributed by atoms with E-state index in [9.17, 15) is 0 Å². The van der Waals surface area contributed by atoms with Gasteiger partial charge < -0.3 is 4.74 Å². The van der Waals surface area contributed by atoms with Crippen LogP contribution in [0, 0.1) is 6.92 Å². The van der Waals surface area contributed by atoms with Crippen molar-refractivity contribution in [3.8, 4) is 5.75 Å². The van der Waals surface area contributed by atoms with Crippen molar-refractivity contribution in [1.29, 1.82) is 0 Å². The number of halogens is 3. The Morgan fingerprint density at radius 2 is 1.75 bits per heavy atom. The molecule has 0 amide bonds. The molecule has 0 heterocycles. The van der Waals surface area contributed by atoms with Crippen molar-refractivity contribution in [1.82, 2.24) is 0 Å². The third-order valence-corrected chi connectivity index (χ3v) is 4.64. The fraction of sp³-hybridized carbons (Fsp3) is 0.250. The second-order valence-corrected chi connectivity index (χ2v) is 6.24. The van der Waals surface area contributed by atoms with Gasteiger partial charge in [0.05, 0.1) is 16.5 Å². The fourth-order valence-electron chi connectivity index (χ4n) is 1.92. The van der Waals surface area contributed by atoms with Gasteiger partial charge in [-0.15, -0.1) is 0 Å². The van der Waals surface area contributed by atoms with Crippen molar-refractivity contribution in [2.75, 3.05) is 6.61 Å². The second kappa shape index (κ2) is 6.84. The molecule has 0 fully saturated rings. The summed E-state index contributed by atoms with van der Waals surface area (Å²) >= 11 is 16.3. The van der Waals surface area contributed by atoms with Crippen LogP contribution in [-0.4, -0.2) is 6.61 Å². The molecule has 0 spiro atoms. The van der Waals surface area contributed by atoms with Crippen LogP contribution >= 0.6 is 39.1 Å². The average Bonchev–Trinajstić information content (AvgIpc) is 2.43. The van der Waals surface area contributed by atoms with Gasteiger partial charge in [-0.05, 0) is 31.0 Å². The van der Waals surface area contributed by atoms with Crippen molar-refractivity contribution in [2.45, 2.75) is 18.7 Å². The molecule has 0 saturated heterocycles. The Labute approximate surface area is 138 Å². The molecule has 4 heteroatoms. The summed E-state index contributed by atoms with van der Waals surface area (Å²) in [4.78, 5) is 0.00350. The molecular weight excluding hydrogens is 359 g/mol. The molecule has 106 valence electrons. The maximum atomic E-state index is 6.34. The van der Waals surface area contributed by atoms with Crippen molar-refractivity contribution in [3.63, 3.8) is 0 Å². The Kier molecular flexibility index (Phi) is 5.36. The monoisotopic (exact) mass is 372 g/mol. The first kappa shape index (κ1) is 15.7. The lowest BCUT2D eigenvalue weighted by Gasteiger charge is -2.15. The van der Waals surface area contributed by atoms with Gasteiger partial charge in [-0.1, -0.05) is 69.0 Å². The topological polar surface area (TPSA) is 9.23 Å². The van der Waals surface area contributed by atoms with Crippen molar-refractivity contribution < 1.29 is 4.74 Å². The largest absolute Gasteiger partial charge is 0.492 e. The summed E-state index contributed by atoms with van der Waals surface area (Å²) in [6, 6.07) is 11.9. The van der Waals surface area contributed by atoms with Crippen LogP contribution < -0.4 is 4.74 Å². The zero-order chi connectivity index (χ0) is 14.7. The maximum Gasteiger partial charge on any atom is 0.139 e. The lowest BCUT2D eigenvalue weighted by molar-refractivity contribution is 0.340. The van der Waals surface area contributed by atoms with E-state index < -0.39 is 0 Å². The fourth-order valence-corrected chi connectivity index (χ4v) is 3.22. The van der Waals surface area contributed by atoms with Gasteiger partial charge in [0.1, 0.15) is 5.75 Å². The zero-order valence-corrected chi connectivity index (χ0v) is 14.4. The Morgan fingerprint density at radius 1 is 1.10 bits per heavy atom. The third-order valence-electron chi connectivity index (χ3n) is 2.99. The molecule has 0 aliphatic rings. The van der Waals surface area contributed by atoms with E-state index in [1.807, 2.05) is 13.0 Å². The molecule has 2 aromatic rings. The van der Waals surface area contributed by atoms with Gasteiger partial charge in [0.15, 0.2) is 0 Å². The minimum absolute atomic E-state index is 0.00350. The number of aryl methyl sites for hydroxylation is 1. The third kappa shape index (κ3) is 3.49. The number of rotatable bonds is 4. The lowest BCUT2D eigenvalue weighted by atomic mass is 10.0. The molecule has 20 heavy (non-hydrogen) atoms. The van der Waals surface area contributed by atoms with Crippen LogP contribution in [0.2, 0.25) is 10.0 Å². The van der Waals surface area contributed by atoms with E-state index in [-0.39, 0.29) is 4.83 Å². The smallest absolute Gasteiger partial charge is 0.139 e. The highest BCUT2D eigenvalue weighted by Gasteiger charge is 2.16. The molecule has 0 aliphatic carbocycles. The Morgan fingerprint density at radius 3 is 2.35 bits per heavy atom. The van der Waals surface area contributed by atoms with Crippen LogP contribution in [0.1, 0.15) is 28.4 Å². The zero-order valence-electron chi connectivity index (χ0n) is 11.3. The molecule has 0 N–H and O–H groups in total. The van der Waals surface area contributed by atoms with Crippen LogP contribution in [0.3, 0.4) is 0 Å². The van der Waals surface area contributed by atoms with Gasteiger partial charge in [-0.3, -0.25) is 0 Å². The molecule has 2 rings (SSSR count). The van der Waals surface area contributed by atoms with Gasteiger partial charge in [0.25, 0.3) is 0 Å². The van der Waals surface area contributed by atoms with E-state index in [0.717, 1.165) is 11.1 Å². The normalized spacial score (nSPS) is 12.2. The molecule has 0 bridgehead atoms. The predicted octanol–water partition coefficient (Wildman–Crippen LogP) is 6.18. The van der Waals surface area contributed by atoms with E-state index in [0.29, 0.717) is 22.4 Å². The SMILES string of the molecule is CCOc1cc(Cl)c(C(Br)c2ccc(C)cc2)cc1Cl. The minimum atomic E-state index is 0.00350. The number of hydrogen-bond acceptors (Lipinski definition) is 1. The second-order valence-electron chi connectivity index (χ2n) is 4.51. The van der Waals surface area contributed by atoms with E-state index in [2.05, 4.69) is 47.1 Å². The molecule has 0 radical (unpaired) electrons. The Bertz CT molecular complexity index is 596. The summed E-state index contributed by atoms with van der Waals surface area (Å²) in [5, 5.41) is 1.21. The molecule has 1 atom stereocenters. The number of hydrogen-bond donors (Lipinski definition) is 0. The Balaban J connectivity index is 2.37. The van der Waals surface area contributed by atoms with Crippen LogP contribution in [0.15, 0.2) is 36.4 Å². The summed E-state index contributed by atoms with van der Waals surface area (Å²) in [7, 11) is 0. The number of alkyl halides is 1. The average molecular weight is 374 g/mol. The Hall–Kier alpha value is -0.700. The van der Waals surface area contributed by atoms with Crippen LogP contribution in [0.25, 0.3) is 0 Å². The molecule has 0 saturated carbocycles. The highest BCUT2D eigenvalue weighted by Crippen LogP contribution is 2.40. The summed E-state index contributed by atoms with van der Waals surface area (Å²) in [5.41, 5.74) is 3.30. The van der Waals surface area contributed by atoms with E-state index in [1.165, 1.54) is 5.56 Å². The molecular formula is C16H15BrCl2O. The van der Waals surface area contributed by atoms with Crippen LogP contribution in [0.5, 0.6) is 5.75 Å². The van der Waals surface area contributed by atoms with E-state index in [1.54, 1.807) is 6.07 Å². The quantitative estimate of drug-likeness (QED) is 0.581. The van der Waals surface area contributed by atoms with Crippen molar-refractivity contribution in [2.24, 2.45) is 0 Å². The van der Waals surface area contributed by atoms with Crippen molar-refractivity contribution in [3.05, 3.63) is 63.1 Å². The molecule has 1 nitrogen and oxygen atoms in total. The minimum Gasteiger partial charge on any atom is -0.492 e. The molecule has 1 unspecified atom stereocenters. The molecule has 2 aromatic carbocycles. The van der Waals surface area contributed by atoms with Crippen molar-refractivity contribution >= 4 is 39.1 Å². The molecule has 0 aromatic heterocycles. The van der Waals surface area contributed by atoms with Gasteiger partial charge in [-0.25, -0.2) is 0 Å². The predicted molar refractivity (Wildman–Crippen MR) is 89.6 cm³/mol. The van der Waals surface area contributed by atoms with Gasteiger partial charge in [-0.2, -0.15) is 0 Å². The standard InChI is InChI=1S/C16H15BrCl2O/c1-3-20-15-9-13(18)12(8-14(15)19)16(17)11-6-4-10(2)5-7-11/h4-9,16H,3H2,1-2H3. The van der Waals surface area contributed by atoms with Gasteiger partial charge in [0, 0.05) is 11.1 Å². The van der Waals surface area contributed by atoms with E-state index >= 15 is 0 Å². The van der Waals surface area contributed by atoms with Crippen LogP contribution in [0.4, 0.5) is 0 Å². The lowest BCUT2D eigenvalue weighted by Crippen LogP contribution is -1.97.